The molecular weight excluding hydrogens is 335 g/mol. The Morgan fingerprint density at radius 1 is 1.28 bits per heavy atom. The molecule has 0 unspecified atom stereocenters. The lowest BCUT2D eigenvalue weighted by atomic mass is 10.2. The number of amides is 1. The summed E-state index contributed by atoms with van der Waals surface area (Å²) in [6, 6.07) is 4.81. The van der Waals surface area contributed by atoms with Gasteiger partial charge in [-0.3, -0.25) is 4.79 Å². The molecule has 6 nitrogen and oxygen atoms in total. The third kappa shape index (κ3) is 4.25. The van der Waals surface area contributed by atoms with Crippen LogP contribution in [0.15, 0.2) is 55.4 Å². The van der Waals surface area contributed by atoms with E-state index >= 15 is 0 Å². The highest BCUT2D eigenvalue weighted by Gasteiger charge is 2.30. The molecule has 2 heterocycles. The smallest absolute Gasteiger partial charge is 0.337 e. The van der Waals surface area contributed by atoms with E-state index in [1.54, 1.807) is 23.3 Å². The molecule has 0 saturated carbocycles. The number of aromatic nitrogens is 4. The molecule has 130 valence electrons. The van der Waals surface area contributed by atoms with E-state index in [0.717, 1.165) is 12.1 Å². The van der Waals surface area contributed by atoms with Crippen molar-refractivity contribution in [2.45, 2.75) is 19.1 Å². The van der Waals surface area contributed by atoms with E-state index in [9.17, 15) is 18.0 Å². The third-order valence-corrected chi connectivity index (χ3v) is 3.46. The highest BCUT2D eigenvalue weighted by Crippen LogP contribution is 2.30. The van der Waals surface area contributed by atoms with Crippen LogP contribution in [0.5, 0.6) is 0 Å². The molecule has 0 aliphatic heterocycles. The maximum atomic E-state index is 12.8. The summed E-state index contributed by atoms with van der Waals surface area (Å²) < 4.78 is 41.4. The Labute approximate surface area is 140 Å². The molecule has 1 aromatic carbocycles. The summed E-state index contributed by atoms with van der Waals surface area (Å²) in [6.45, 7) is 0.480. The van der Waals surface area contributed by atoms with Crippen LogP contribution in [0.3, 0.4) is 0 Å². The van der Waals surface area contributed by atoms with Gasteiger partial charge in [0.1, 0.15) is 0 Å². The average Bonchev–Trinajstić information content (AvgIpc) is 3.24. The Balaban J connectivity index is 1.65. The van der Waals surface area contributed by atoms with Gasteiger partial charge in [0.05, 0.1) is 35.7 Å². The van der Waals surface area contributed by atoms with Gasteiger partial charge in [0.15, 0.2) is 0 Å². The molecule has 3 rings (SSSR count). The van der Waals surface area contributed by atoms with Crippen molar-refractivity contribution >= 4 is 11.6 Å². The molecular formula is C16H14F3N5O. The van der Waals surface area contributed by atoms with E-state index in [4.69, 9.17) is 0 Å². The number of halogens is 3. The lowest BCUT2D eigenvalue weighted by Gasteiger charge is -2.08. The van der Waals surface area contributed by atoms with E-state index in [1.165, 1.54) is 29.2 Å². The van der Waals surface area contributed by atoms with Crippen molar-refractivity contribution in [1.29, 1.82) is 0 Å². The fraction of sp³-hybridized carbons (Fsp3) is 0.188. The van der Waals surface area contributed by atoms with Crippen LogP contribution in [0, 0.1) is 0 Å². The largest absolute Gasteiger partial charge is 0.416 e. The summed E-state index contributed by atoms with van der Waals surface area (Å²) in [5, 5.41) is 6.65. The molecule has 0 aliphatic carbocycles. The van der Waals surface area contributed by atoms with Gasteiger partial charge in [-0.15, -0.1) is 0 Å². The fourth-order valence-corrected chi connectivity index (χ4v) is 2.23. The highest BCUT2D eigenvalue weighted by molar-refractivity contribution is 5.90. The Hall–Kier alpha value is -3.10. The first-order valence-corrected chi connectivity index (χ1v) is 7.40. The van der Waals surface area contributed by atoms with Crippen LogP contribution in [0.4, 0.5) is 18.9 Å². The maximum absolute atomic E-state index is 12.8. The van der Waals surface area contributed by atoms with Crippen molar-refractivity contribution in [3.8, 4) is 5.69 Å². The Kier molecular flexibility index (Phi) is 4.55. The number of imidazole rings is 1. The van der Waals surface area contributed by atoms with Gasteiger partial charge in [0, 0.05) is 25.4 Å². The second-order valence-electron chi connectivity index (χ2n) is 5.32. The second-order valence-corrected chi connectivity index (χ2v) is 5.32. The predicted molar refractivity (Wildman–Crippen MR) is 84.0 cm³/mol. The molecule has 3 aromatic rings. The molecule has 0 saturated heterocycles. The van der Waals surface area contributed by atoms with E-state index < -0.39 is 11.7 Å². The Bertz CT molecular complexity index is 855. The number of nitrogens with one attached hydrogen (secondary N) is 1. The minimum atomic E-state index is -4.42. The van der Waals surface area contributed by atoms with Crippen molar-refractivity contribution in [2.24, 2.45) is 0 Å². The zero-order valence-electron chi connectivity index (χ0n) is 12.9. The van der Waals surface area contributed by atoms with E-state index in [0.29, 0.717) is 12.2 Å². The number of aryl methyl sites for hydroxylation is 1. The minimum Gasteiger partial charge on any atom is -0.337 e. The van der Waals surface area contributed by atoms with Gasteiger partial charge in [-0.2, -0.15) is 18.3 Å². The van der Waals surface area contributed by atoms with Gasteiger partial charge in [0.25, 0.3) is 0 Å². The number of nitrogens with zero attached hydrogens (tertiary/aromatic N) is 4. The summed E-state index contributed by atoms with van der Waals surface area (Å²) >= 11 is 0. The van der Waals surface area contributed by atoms with Crippen LogP contribution in [-0.4, -0.2) is 25.2 Å². The highest BCUT2D eigenvalue weighted by atomic mass is 19.4. The SMILES string of the molecule is O=C(CCn1ccnc1)Nc1cnn(-c2cccc(C(F)(F)F)c2)c1. The predicted octanol–water partition coefficient (Wildman–Crippen LogP) is 3.12. The average molecular weight is 349 g/mol. The minimum absolute atomic E-state index is 0.225. The number of anilines is 1. The van der Waals surface area contributed by atoms with E-state index in [2.05, 4.69) is 15.4 Å². The van der Waals surface area contributed by atoms with Crippen LogP contribution in [0.2, 0.25) is 0 Å². The summed E-state index contributed by atoms with van der Waals surface area (Å²) in [4.78, 5) is 15.8. The monoisotopic (exact) mass is 349 g/mol. The van der Waals surface area contributed by atoms with Crippen LogP contribution in [0.1, 0.15) is 12.0 Å². The Morgan fingerprint density at radius 3 is 2.84 bits per heavy atom. The molecule has 1 N–H and O–H groups in total. The summed E-state index contributed by atoms with van der Waals surface area (Å²) in [7, 11) is 0. The number of rotatable bonds is 5. The summed E-state index contributed by atoms with van der Waals surface area (Å²) in [6.07, 6.45) is 3.65. The molecule has 0 bridgehead atoms. The first-order valence-electron chi connectivity index (χ1n) is 7.40. The molecule has 0 atom stereocenters. The van der Waals surface area contributed by atoms with Gasteiger partial charge in [-0.25, -0.2) is 9.67 Å². The van der Waals surface area contributed by atoms with Gasteiger partial charge >= 0.3 is 6.18 Å². The van der Waals surface area contributed by atoms with Gasteiger partial charge in [-0.05, 0) is 18.2 Å². The van der Waals surface area contributed by atoms with E-state index in [1.807, 2.05) is 0 Å². The van der Waals surface area contributed by atoms with Crippen LogP contribution in [0.25, 0.3) is 5.69 Å². The normalized spacial score (nSPS) is 11.5. The first kappa shape index (κ1) is 16.7. The van der Waals surface area contributed by atoms with Crippen molar-refractivity contribution < 1.29 is 18.0 Å². The maximum Gasteiger partial charge on any atom is 0.416 e. The first-order chi connectivity index (χ1) is 11.9. The number of carbonyl (C=O) groups excluding carboxylic acids is 1. The van der Waals surface area contributed by atoms with Crippen LogP contribution >= 0.6 is 0 Å². The zero-order valence-corrected chi connectivity index (χ0v) is 12.9. The lowest BCUT2D eigenvalue weighted by Crippen LogP contribution is -2.13. The zero-order chi connectivity index (χ0) is 17.9. The number of carbonyl (C=O) groups is 1. The van der Waals surface area contributed by atoms with Crippen molar-refractivity contribution in [3.05, 3.63) is 60.9 Å². The van der Waals surface area contributed by atoms with Gasteiger partial charge in [-0.1, -0.05) is 6.07 Å². The summed E-state index contributed by atoms with van der Waals surface area (Å²) in [5.74, 6) is -0.225. The molecule has 2 aromatic heterocycles. The second kappa shape index (κ2) is 6.80. The number of hydrogen-bond donors (Lipinski definition) is 1. The Morgan fingerprint density at radius 2 is 2.12 bits per heavy atom. The molecule has 0 fully saturated rings. The van der Waals surface area contributed by atoms with Gasteiger partial charge in [0.2, 0.25) is 5.91 Å². The van der Waals surface area contributed by atoms with Crippen molar-refractivity contribution in [3.63, 3.8) is 0 Å². The van der Waals surface area contributed by atoms with Crippen molar-refractivity contribution in [1.82, 2.24) is 19.3 Å². The molecule has 1 amide bonds. The quantitative estimate of drug-likeness (QED) is 0.770. The third-order valence-electron chi connectivity index (χ3n) is 3.46. The van der Waals surface area contributed by atoms with Crippen LogP contribution < -0.4 is 5.32 Å². The molecule has 25 heavy (non-hydrogen) atoms. The van der Waals surface area contributed by atoms with E-state index in [-0.39, 0.29) is 18.0 Å². The fourth-order valence-electron chi connectivity index (χ4n) is 2.23. The lowest BCUT2D eigenvalue weighted by molar-refractivity contribution is -0.137. The molecule has 0 spiro atoms. The number of benzene rings is 1. The van der Waals surface area contributed by atoms with Gasteiger partial charge < -0.3 is 9.88 Å². The molecule has 0 aliphatic rings. The van der Waals surface area contributed by atoms with Crippen LogP contribution in [-0.2, 0) is 17.5 Å². The number of hydrogen-bond acceptors (Lipinski definition) is 3. The standard InChI is InChI=1S/C16H14F3N5O/c17-16(18,19)12-2-1-3-14(8-12)24-10-13(9-21-24)22-15(25)4-6-23-7-5-20-11-23/h1-3,5,7-11H,4,6H2,(H,22,25). The summed E-state index contributed by atoms with van der Waals surface area (Å²) in [5.41, 5.74) is -0.0896. The number of alkyl halides is 3. The topological polar surface area (TPSA) is 64.7 Å². The molecule has 0 radical (unpaired) electrons. The van der Waals surface area contributed by atoms with Crippen molar-refractivity contribution in [2.75, 3.05) is 5.32 Å². The molecule has 9 heteroatoms.